The van der Waals surface area contributed by atoms with Crippen molar-refractivity contribution >= 4 is 17.5 Å². The van der Waals surface area contributed by atoms with Crippen LogP contribution in [-0.4, -0.2) is 69.2 Å². The first kappa shape index (κ1) is 21.4. The van der Waals surface area contributed by atoms with E-state index in [9.17, 15) is 4.79 Å². The molecule has 29 heavy (non-hydrogen) atoms. The first-order valence-electron chi connectivity index (χ1n) is 9.77. The Hall–Kier alpha value is -2.28. The molecule has 0 aromatic heterocycles. The number of benzene rings is 2. The minimum atomic E-state index is -0.145. The number of ether oxygens (including phenoxy) is 2. The molecule has 6 nitrogen and oxygen atoms in total. The fraction of sp³-hybridized carbons (Fsp3) is 0.409. The van der Waals surface area contributed by atoms with Gasteiger partial charge in [-0.15, -0.1) is 0 Å². The summed E-state index contributed by atoms with van der Waals surface area (Å²) in [4.78, 5) is 17.1. The van der Waals surface area contributed by atoms with Crippen LogP contribution in [-0.2, 0) is 4.79 Å². The molecule has 3 rings (SSSR count). The van der Waals surface area contributed by atoms with E-state index in [2.05, 4.69) is 22.2 Å². The fourth-order valence-electron chi connectivity index (χ4n) is 3.36. The molecule has 156 valence electrons. The van der Waals surface area contributed by atoms with Crippen LogP contribution in [0.15, 0.2) is 48.5 Å². The molecule has 1 saturated heterocycles. The maximum Gasteiger partial charge on any atom is 0.258 e. The largest absolute Gasteiger partial charge is 0.497 e. The van der Waals surface area contributed by atoms with Crippen molar-refractivity contribution in [2.75, 3.05) is 53.5 Å². The molecule has 1 aliphatic rings. The van der Waals surface area contributed by atoms with Crippen molar-refractivity contribution in [3.8, 4) is 11.5 Å². The molecule has 1 atom stereocenters. The average Bonchev–Trinajstić information content (AvgIpc) is 2.75. The maximum atomic E-state index is 12.4. The molecule has 1 N–H and O–H groups in total. The summed E-state index contributed by atoms with van der Waals surface area (Å²) < 4.78 is 10.7. The second-order valence-electron chi connectivity index (χ2n) is 7.17. The van der Waals surface area contributed by atoms with Crippen LogP contribution in [0.1, 0.15) is 11.6 Å². The van der Waals surface area contributed by atoms with Gasteiger partial charge in [-0.2, -0.15) is 0 Å². The van der Waals surface area contributed by atoms with Gasteiger partial charge in [-0.25, -0.2) is 0 Å². The Labute approximate surface area is 177 Å². The molecule has 1 amide bonds. The van der Waals surface area contributed by atoms with Gasteiger partial charge in [0.25, 0.3) is 5.91 Å². The summed E-state index contributed by atoms with van der Waals surface area (Å²) in [6, 6.07) is 15.1. The summed E-state index contributed by atoms with van der Waals surface area (Å²) in [6.07, 6.45) is 0. The van der Waals surface area contributed by atoms with Crippen LogP contribution < -0.4 is 14.8 Å². The average molecular weight is 418 g/mol. The van der Waals surface area contributed by atoms with Gasteiger partial charge in [-0.3, -0.25) is 9.69 Å². The summed E-state index contributed by atoms with van der Waals surface area (Å²) >= 11 is 6.05. The van der Waals surface area contributed by atoms with E-state index in [0.29, 0.717) is 17.3 Å². The highest BCUT2D eigenvalue weighted by Crippen LogP contribution is 2.23. The highest BCUT2D eigenvalue weighted by atomic mass is 35.5. The standard InChI is InChI=1S/C22H28ClN3O3/c1-25-11-13-26(14-12-25)21(17-3-5-18(23)6-4-17)15-24-22(27)16-29-20-9-7-19(28-2)8-10-20/h3-10,21H,11-16H2,1-2H3,(H,24,27)/t21-/m1/s1. The van der Waals surface area contributed by atoms with E-state index in [0.717, 1.165) is 37.5 Å². The third-order valence-corrected chi connectivity index (χ3v) is 5.41. The number of amides is 1. The molecule has 0 radical (unpaired) electrons. The molecule has 0 spiro atoms. The second-order valence-corrected chi connectivity index (χ2v) is 7.61. The van der Waals surface area contributed by atoms with Crippen LogP contribution in [0.2, 0.25) is 5.02 Å². The molecule has 0 aliphatic carbocycles. The molecule has 0 bridgehead atoms. The first-order chi connectivity index (χ1) is 14.0. The minimum absolute atomic E-state index is 0.0254. The minimum Gasteiger partial charge on any atom is -0.497 e. The monoisotopic (exact) mass is 417 g/mol. The van der Waals surface area contributed by atoms with E-state index >= 15 is 0 Å². The zero-order valence-corrected chi connectivity index (χ0v) is 17.7. The second kappa shape index (κ2) is 10.5. The zero-order valence-electron chi connectivity index (χ0n) is 16.9. The molecular weight excluding hydrogens is 390 g/mol. The highest BCUT2D eigenvalue weighted by Gasteiger charge is 2.24. The number of carbonyl (C=O) groups excluding carboxylic acids is 1. The summed E-state index contributed by atoms with van der Waals surface area (Å²) in [5, 5.41) is 3.73. The number of hydrogen-bond acceptors (Lipinski definition) is 5. The van der Waals surface area contributed by atoms with E-state index in [1.54, 1.807) is 31.4 Å². The number of methoxy groups -OCH3 is 1. The van der Waals surface area contributed by atoms with E-state index in [4.69, 9.17) is 21.1 Å². The predicted octanol–water partition coefficient (Wildman–Crippen LogP) is 2.83. The number of nitrogens with zero attached hydrogens (tertiary/aromatic N) is 2. The molecule has 0 unspecified atom stereocenters. The molecule has 7 heteroatoms. The van der Waals surface area contributed by atoms with Gasteiger partial charge in [0.1, 0.15) is 11.5 Å². The van der Waals surface area contributed by atoms with Crippen LogP contribution in [0.25, 0.3) is 0 Å². The van der Waals surface area contributed by atoms with Gasteiger partial charge in [0.05, 0.1) is 13.2 Å². The number of likely N-dealkylation sites (N-methyl/N-ethyl adjacent to an activating group) is 1. The smallest absolute Gasteiger partial charge is 0.258 e. The summed E-state index contributed by atoms with van der Waals surface area (Å²) in [6.45, 7) is 4.44. The van der Waals surface area contributed by atoms with Crippen molar-refractivity contribution in [1.29, 1.82) is 0 Å². The molecule has 0 saturated carbocycles. The number of nitrogens with one attached hydrogen (secondary N) is 1. The van der Waals surface area contributed by atoms with Crippen LogP contribution >= 0.6 is 11.6 Å². The Morgan fingerprint density at radius 1 is 1.03 bits per heavy atom. The van der Waals surface area contributed by atoms with Crippen molar-refractivity contribution < 1.29 is 14.3 Å². The lowest BCUT2D eigenvalue weighted by Crippen LogP contribution is -2.48. The van der Waals surface area contributed by atoms with E-state index in [-0.39, 0.29) is 18.6 Å². The normalized spacial score (nSPS) is 16.2. The summed E-state index contributed by atoms with van der Waals surface area (Å²) in [5.74, 6) is 1.24. The van der Waals surface area contributed by atoms with Crippen LogP contribution in [0, 0.1) is 0 Å². The lowest BCUT2D eigenvalue weighted by Gasteiger charge is -2.38. The van der Waals surface area contributed by atoms with Gasteiger partial charge >= 0.3 is 0 Å². The van der Waals surface area contributed by atoms with Crippen molar-refractivity contribution in [1.82, 2.24) is 15.1 Å². The van der Waals surface area contributed by atoms with Gasteiger partial charge in [-0.05, 0) is 49.0 Å². The van der Waals surface area contributed by atoms with Gasteiger partial charge in [0.15, 0.2) is 6.61 Å². The van der Waals surface area contributed by atoms with Crippen LogP contribution in [0.3, 0.4) is 0 Å². The van der Waals surface area contributed by atoms with Gasteiger partial charge in [0, 0.05) is 37.7 Å². The maximum absolute atomic E-state index is 12.4. The zero-order chi connectivity index (χ0) is 20.6. The Morgan fingerprint density at radius 2 is 1.66 bits per heavy atom. The van der Waals surface area contributed by atoms with Gasteiger partial charge in [-0.1, -0.05) is 23.7 Å². The van der Waals surface area contributed by atoms with Crippen molar-refractivity contribution in [2.24, 2.45) is 0 Å². The van der Waals surface area contributed by atoms with Crippen molar-refractivity contribution in [2.45, 2.75) is 6.04 Å². The van der Waals surface area contributed by atoms with Crippen LogP contribution in [0.4, 0.5) is 0 Å². The Morgan fingerprint density at radius 3 is 2.28 bits per heavy atom. The van der Waals surface area contributed by atoms with Crippen molar-refractivity contribution in [3.05, 3.63) is 59.1 Å². The van der Waals surface area contributed by atoms with Crippen molar-refractivity contribution in [3.63, 3.8) is 0 Å². The SMILES string of the molecule is COc1ccc(OCC(=O)NC[C@H](c2ccc(Cl)cc2)N2CCN(C)CC2)cc1. The van der Waals surface area contributed by atoms with E-state index < -0.39 is 0 Å². The summed E-state index contributed by atoms with van der Waals surface area (Å²) in [5.41, 5.74) is 1.15. The van der Waals surface area contributed by atoms with Gasteiger partial charge < -0.3 is 19.7 Å². The van der Waals surface area contributed by atoms with E-state index in [1.165, 1.54) is 0 Å². The topological polar surface area (TPSA) is 54.0 Å². The third kappa shape index (κ3) is 6.35. The number of hydrogen-bond donors (Lipinski definition) is 1. The molecule has 2 aromatic rings. The summed E-state index contributed by atoms with van der Waals surface area (Å²) in [7, 11) is 3.74. The third-order valence-electron chi connectivity index (χ3n) is 5.16. The van der Waals surface area contributed by atoms with Gasteiger partial charge in [0.2, 0.25) is 0 Å². The first-order valence-corrected chi connectivity index (χ1v) is 10.1. The molecule has 1 fully saturated rings. The number of piperazine rings is 1. The molecule has 1 heterocycles. The molecular formula is C22H28ClN3O3. The Bertz CT molecular complexity index is 775. The van der Waals surface area contributed by atoms with Crippen LogP contribution in [0.5, 0.6) is 11.5 Å². The Balaban J connectivity index is 1.56. The predicted molar refractivity (Wildman–Crippen MR) is 115 cm³/mol. The Kier molecular flexibility index (Phi) is 7.75. The quantitative estimate of drug-likeness (QED) is 0.715. The fourth-order valence-corrected chi connectivity index (χ4v) is 3.48. The molecule has 1 aliphatic heterocycles. The number of rotatable bonds is 8. The number of halogens is 1. The molecule has 2 aromatic carbocycles. The van der Waals surface area contributed by atoms with E-state index in [1.807, 2.05) is 24.3 Å². The number of carbonyl (C=O) groups is 1. The lowest BCUT2D eigenvalue weighted by atomic mass is 10.0. The highest BCUT2D eigenvalue weighted by molar-refractivity contribution is 6.30. The lowest BCUT2D eigenvalue weighted by molar-refractivity contribution is -0.123.